The predicted octanol–water partition coefficient (Wildman–Crippen LogP) is 12.1. The van der Waals surface area contributed by atoms with Crippen molar-refractivity contribution in [2.24, 2.45) is 92.7 Å². The second-order valence-electron chi connectivity index (χ2n) is 22.9. The van der Waals surface area contributed by atoms with Crippen molar-refractivity contribution in [2.75, 3.05) is 6.61 Å². The van der Waals surface area contributed by atoms with Gasteiger partial charge in [-0.25, -0.2) is 4.79 Å². The molecule has 7 nitrogen and oxygen atoms in total. The van der Waals surface area contributed by atoms with E-state index in [1.165, 1.54) is 64.2 Å². The summed E-state index contributed by atoms with van der Waals surface area (Å²) in [6.45, 7) is 24.1. The van der Waals surface area contributed by atoms with Crippen LogP contribution in [0.5, 0.6) is 0 Å². The van der Waals surface area contributed by atoms with Crippen molar-refractivity contribution in [2.45, 2.75) is 178 Å². The molecule has 18 atom stereocenters. The van der Waals surface area contributed by atoms with Crippen molar-refractivity contribution < 1.29 is 33.4 Å². The van der Waals surface area contributed by atoms with Crippen molar-refractivity contribution >= 4 is 24.2 Å². The van der Waals surface area contributed by atoms with E-state index in [-0.39, 0.29) is 63.6 Å². The molecule has 0 aromatic rings. The van der Waals surface area contributed by atoms with Crippen molar-refractivity contribution in [1.29, 1.82) is 0 Å². The summed E-state index contributed by atoms with van der Waals surface area (Å²) < 4.78 is 17.3. The highest BCUT2D eigenvalue weighted by Gasteiger charge is 2.65. The van der Waals surface area contributed by atoms with Gasteiger partial charge in [-0.2, -0.15) is 0 Å². The molecule has 6 saturated carbocycles. The SMILES string of the molecule is CC(=O)O[C@@H]1C[C@H]2[C@@H](CC=C3C[C@@H](C)CC[C@@]32C)[C@@H]2CCC([C@H](C)C=O)[C@@]12C.CCOC(=O)/C=C/[C@@H](C)C1CC[C@H]2[C@@H]3CC=C4C[C@@H](C)CC[C@]4(C)[C@H]3C[C@@H](OC(C)=O)[C@]12C. The third-order valence-corrected chi connectivity index (χ3v) is 19.9. The Morgan fingerprint density at radius 3 is 1.54 bits per heavy atom. The van der Waals surface area contributed by atoms with Gasteiger partial charge in [0.15, 0.2) is 0 Å². The molecular weight excluding hydrogens is 761 g/mol. The Morgan fingerprint density at radius 2 is 1.13 bits per heavy atom. The zero-order valence-corrected chi connectivity index (χ0v) is 39.9. The van der Waals surface area contributed by atoms with Crippen LogP contribution in [-0.2, 0) is 33.4 Å². The lowest BCUT2D eigenvalue weighted by Crippen LogP contribution is -2.57. The van der Waals surface area contributed by atoms with Gasteiger partial charge >= 0.3 is 17.9 Å². The summed E-state index contributed by atoms with van der Waals surface area (Å²) in [6.07, 6.45) is 26.3. The van der Waals surface area contributed by atoms with Gasteiger partial charge in [0.1, 0.15) is 18.5 Å². The highest BCUT2D eigenvalue weighted by Crippen LogP contribution is 2.70. The first-order chi connectivity index (χ1) is 28.8. The molecule has 0 N–H and O–H groups in total. The highest BCUT2D eigenvalue weighted by molar-refractivity contribution is 5.81. The molecule has 0 spiro atoms. The van der Waals surface area contributed by atoms with E-state index in [0.717, 1.165) is 43.8 Å². The molecule has 61 heavy (non-hydrogen) atoms. The van der Waals surface area contributed by atoms with Gasteiger partial charge in [-0.05, 0) is 173 Å². The lowest BCUT2D eigenvalue weighted by molar-refractivity contribution is -0.180. The lowest BCUT2D eigenvalue weighted by Gasteiger charge is -2.60. The maximum atomic E-state index is 12.3. The standard InChI is InChI=1S/C29H44O4.C25H38O3/c1-7-32-27(31)13-8-19(3)23-11-12-24-22-10-9-21-16-18(2)14-15-28(21,5)25(22)17-26(29(23,24)6)33-20(4)30;1-15-10-11-24(4)18(12-15)6-7-19-21-9-8-20(16(2)14-26)25(21,5)23(13-22(19)24)28-17(3)27/h8-9,13,18-19,22-26H,7,10-12,14-17H2,1-6H3;6,14-16,19-23H,7-13H2,1-5H3/b13-8+;/t18-,19+,22-,23?,24-,25-,26+,28-,29+;15-,16+,19-,20?,21-,22-,23+,24-,25+/m00/s1. The molecule has 0 aromatic heterocycles. The monoisotopic (exact) mass is 843 g/mol. The first-order valence-corrected chi connectivity index (χ1v) is 24.9. The number of ether oxygens (including phenoxy) is 3. The van der Waals surface area contributed by atoms with Gasteiger partial charge in [0, 0.05) is 36.7 Å². The van der Waals surface area contributed by atoms with Crippen molar-refractivity contribution in [3.63, 3.8) is 0 Å². The van der Waals surface area contributed by atoms with Crippen LogP contribution in [0.3, 0.4) is 0 Å². The molecular formula is C54H82O7. The zero-order chi connectivity index (χ0) is 44.2. The number of rotatable bonds is 8. The number of esters is 3. The molecule has 8 aliphatic carbocycles. The van der Waals surface area contributed by atoms with E-state index in [9.17, 15) is 19.2 Å². The van der Waals surface area contributed by atoms with Crippen LogP contribution < -0.4 is 0 Å². The Bertz CT molecular complexity index is 1760. The van der Waals surface area contributed by atoms with Crippen LogP contribution in [-0.4, -0.2) is 43.0 Å². The molecule has 2 unspecified atom stereocenters. The predicted molar refractivity (Wildman–Crippen MR) is 241 cm³/mol. The zero-order valence-electron chi connectivity index (χ0n) is 39.9. The summed E-state index contributed by atoms with van der Waals surface area (Å²) in [4.78, 5) is 47.9. The minimum absolute atomic E-state index is 0.0328. The maximum Gasteiger partial charge on any atom is 0.330 e. The molecule has 8 aliphatic rings. The Kier molecular flexibility index (Phi) is 13.4. The lowest BCUT2D eigenvalue weighted by atomic mass is 9.46. The van der Waals surface area contributed by atoms with E-state index in [2.05, 4.69) is 67.5 Å². The minimum Gasteiger partial charge on any atom is -0.463 e. The Labute approximate surface area is 369 Å². The third-order valence-electron chi connectivity index (χ3n) is 19.9. The highest BCUT2D eigenvalue weighted by atomic mass is 16.5. The van der Waals surface area contributed by atoms with Crippen LogP contribution in [0.2, 0.25) is 0 Å². The van der Waals surface area contributed by atoms with Gasteiger partial charge in [-0.15, -0.1) is 0 Å². The summed E-state index contributed by atoms with van der Waals surface area (Å²) in [6, 6.07) is 0. The van der Waals surface area contributed by atoms with Crippen molar-refractivity contribution in [3.8, 4) is 0 Å². The van der Waals surface area contributed by atoms with Gasteiger partial charge in [-0.1, -0.05) is 84.8 Å². The molecule has 340 valence electrons. The Balaban J connectivity index is 0.000000186. The van der Waals surface area contributed by atoms with E-state index in [1.807, 2.05) is 13.0 Å². The van der Waals surface area contributed by atoms with E-state index in [0.29, 0.717) is 54.0 Å². The summed E-state index contributed by atoms with van der Waals surface area (Å²) in [5.74, 6) is 5.60. The first-order valence-electron chi connectivity index (χ1n) is 24.9. The molecule has 8 rings (SSSR count). The maximum absolute atomic E-state index is 12.3. The van der Waals surface area contributed by atoms with Gasteiger partial charge in [-0.3, -0.25) is 9.59 Å². The average molecular weight is 843 g/mol. The Hall–Kier alpha value is -2.70. The third kappa shape index (κ3) is 8.08. The first kappa shape index (κ1) is 46.3. The molecule has 0 heterocycles. The van der Waals surface area contributed by atoms with Crippen molar-refractivity contribution in [1.82, 2.24) is 0 Å². The Morgan fingerprint density at radius 1 is 0.689 bits per heavy atom. The second-order valence-corrected chi connectivity index (χ2v) is 22.9. The largest absolute Gasteiger partial charge is 0.463 e. The van der Waals surface area contributed by atoms with E-state index in [4.69, 9.17) is 14.2 Å². The van der Waals surface area contributed by atoms with Crippen LogP contribution in [0, 0.1) is 92.7 Å². The molecule has 7 heteroatoms. The van der Waals surface area contributed by atoms with E-state index >= 15 is 0 Å². The molecule has 0 aromatic carbocycles. The quantitative estimate of drug-likeness (QED) is 0.0789. The van der Waals surface area contributed by atoms with Gasteiger partial charge in [0.2, 0.25) is 0 Å². The number of hydrogen-bond donors (Lipinski definition) is 0. The smallest absolute Gasteiger partial charge is 0.330 e. The fraction of sp³-hybridized carbons (Fsp3) is 0.815. The summed E-state index contributed by atoms with van der Waals surface area (Å²) in [5, 5.41) is 0. The molecule has 0 aliphatic heterocycles. The summed E-state index contributed by atoms with van der Waals surface area (Å²) in [7, 11) is 0. The number of carbonyl (C=O) groups excluding carboxylic acids is 4. The average Bonchev–Trinajstić information content (AvgIpc) is 3.76. The number of fused-ring (bicyclic) bond motifs is 10. The van der Waals surface area contributed by atoms with Crippen LogP contribution in [0.4, 0.5) is 0 Å². The summed E-state index contributed by atoms with van der Waals surface area (Å²) in [5.41, 5.74) is 3.74. The van der Waals surface area contributed by atoms with Crippen LogP contribution in [0.15, 0.2) is 35.5 Å². The normalized spacial score (nSPS) is 45.6. The molecule has 6 fully saturated rings. The fourth-order valence-electron chi connectivity index (χ4n) is 16.8. The number of aldehydes is 1. The summed E-state index contributed by atoms with van der Waals surface area (Å²) >= 11 is 0. The number of carbonyl (C=O) groups is 4. The number of hydrogen-bond acceptors (Lipinski definition) is 7. The van der Waals surface area contributed by atoms with Crippen LogP contribution in [0.25, 0.3) is 0 Å². The molecule has 0 saturated heterocycles. The van der Waals surface area contributed by atoms with Crippen LogP contribution in [0.1, 0.15) is 166 Å². The van der Waals surface area contributed by atoms with Gasteiger partial charge in [0.05, 0.1) is 6.61 Å². The fourth-order valence-corrected chi connectivity index (χ4v) is 16.8. The molecule has 0 amide bonds. The van der Waals surface area contributed by atoms with E-state index < -0.39 is 0 Å². The van der Waals surface area contributed by atoms with E-state index in [1.54, 1.807) is 31.1 Å². The molecule has 0 radical (unpaired) electrons. The van der Waals surface area contributed by atoms with Crippen molar-refractivity contribution in [3.05, 3.63) is 35.5 Å². The van der Waals surface area contributed by atoms with Gasteiger partial charge < -0.3 is 19.0 Å². The van der Waals surface area contributed by atoms with Crippen LogP contribution >= 0.6 is 0 Å². The van der Waals surface area contributed by atoms with Gasteiger partial charge in [0.25, 0.3) is 0 Å². The number of allylic oxidation sites excluding steroid dienone is 5. The molecule has 0 bridgehead atoms. The minimum atomic E-state index is -0.270. The topological polar surface area (TPSA) is 96.0 Å². The second kappa shape index (κ2) is 17.7.